The van der Waals surface area contributed by atoms with E-state index >= 15 is 0 Å². The van der Waals surface area contributed by atoms with Crippen molar-refractivity contribution in [2.45, 2.75) is 38.1 Å². The molecule has 4 nitrogen and oxygen atoms in total. The van der Waals surface area contributed by atoms with Crippen LogP contribution in [0.5, 0.6) is 0 Å². The van der Waals surface area contributed by atoms with Crippen molar-refractivity contribution < 1.29 is 14.3 Å². The van der Waals surface area contributed by atoms with Crippen molar-refractivity contribution in [3.05, 3.63) is 60.2 Å². The number of pyridine rings is 1. The minimum Gasteiger partial charge on any atom is -0.394 e. The fourth-order valence-corrected chi connectivity index (χ4v) is 6.28. The molecular weight excluding hydrogens is 391 g/mol. The first-order valence-electron chi connectivity index (χ1n) is 11.5. The van der Waals surface area contributed by atoms with E-state index in [1.807, 2.05) is 18.2 Å². The molecule has 0 radical (unpaired) electrons. The summed E-state index contributed by atoms with van der Waals surface area (Å²) in [5.74, 6) is 1.45. The summed E-state index contributed by atoms with van der Waals surface area (Å²) in [6.45, 7) is -0.00475. The Morgan fingerprint density at radius 1 is 1.16 bits per heavy atom. The quantitative estimate of drug-likeness (QED) is 0.768. The molecule has 5 heteroatoms. The number of halogens is 1. The summed E-state index contributed by atoms with van der Waals surface area (Å²) in [5, 5.41) is 12.9. The number of aliphatic hydroxyl groups is 1. The van der Waals surface area contributed by atoms with E-state index in [9.17, 15) is 14.3 Å². The molecule has 162 valence electrons. The Balaban J connectivity index is 1.40. The van der Waals surface area contributed by atoms with Gasteiger partial charge in [0.25, 0.3) is 0 Å². The number of carbonyl (C=O) groups excluding carboxylic acids is 1. The molecule has 2 aliphatic carbocycles. The number of benzene rings is 1. The van der Waals surface area contributed by atoms with Crippen LogP contribution in [0.3, 0.4) is 0 Å². The van der Waals surface area contributed by atoms with Crippen LogP contribution in [-0.2, 0) is 4.79 Å². The van der Waals surface area contributed by atoms with Gasteiger partial charge in [-0.25, -0.2) is 4.39 Å². The van der Waals surface area contributed by atoms with Crippen molar-refractivity contribution in [2.24, 2.45) is 29.6 Å². The lowest BCUT2D eigenvalue weighted by molar-refractivity contribution is -0.125. The number of allylic oxidation sites excluding steroid dienone is 1. The maximum absolute atomic E-state index is 13.5. The summed E-state index contributed by atoms with van der Waals surface area (Å²) in [7, 11) is 0. The van der Waals surface area contributed by atoms with Crippen LogP contribution in [-0.4, -0.2) is 28.6 Å². The number of nitrogens with zero attached hydrogens (tertiary/aromatic N) is 1. The molecule has 3 fully saturated rings. The van der Waals surface area contributed by atoms with Gasteiger partial charge in [0.1, 0.15) is 5.82 Å². The first kappa shape index (κ1) is 20.4. The molecule has 6 atom stereocenters. The van der Waals surface area contributed by atoms with Crippen LogP contribution in [0, 0.1) is 35.4 Å². The van der Waals surface area contributed by atoms with Gasteiger partial charge in [-0.2, -0.15) is 0 Å². The van der Waals surface area contributed by atoms with Crippen molar-refractivity contribution >= 4 is 12.0 Å². The van der Waals surface area contributed by atoms with Crippen molar-refractivity contribution in [3.8, 4) is 11.1 Å². The van der Waals surface area contributed by atoms with Crippen LogP contribution in [0.2, 0.25) is 0 Å². The molecule has 1 aliphatic heterocycles. The summed E-state index contributed by atoms with van der Waals surface area (Å²) in [5.41, 5.74) is 2.55. The van der Waals surface area contributed by atoms with E-state index in [-0.39, 0.29) is 42.1 Å². The Morgan fingerprint density at radius 3 is 2.81 bits per heavy atom. The molecule has 3 aliphatic rings. The third-order valence-electron chi connectivity index (χ3n) is 7.69. The van der Waals surface area contributed by atoms with Crippen LogP contribution in [0.1, 0.15) is 37.8 Å². The first-order valence-corrected chi connectivity index (χ1v) is 11.5. The second kappa shape index (κ2) is 8.54. The normalized spacial score (nSPS) is 32.5. The van der Waals surface area contributed by atoms with Crippen molar-refractivity contribution in [1.29, 1.82) is 0 Å². The number of hydrogen-bond acceptors (Lipinski definition) is 3. The van der Waals surface area contributed by atoms with Gasteiger partial charge in [0.05, 0.1) is 18.3 Å². The van der Waals surface area contributed by atoms with E-state index in [2.05, 4.69) is 22.5 Å². The smallest absolute Gasteiger partial charge is 0.223 e. The van der Waals surface area contributed by atoms with Gasteiger partial charge in [-0.15, -0.1) is 0 Å². The van der Waals surface area contributed by atoms with Crippen LogP contribution < -0.4 is 5.32 Å². The number of carbonyl (C=O) groups is 1. The Bertz CT molecular complexity index is 974. The second-order valence-electron chi connectivity index (χ2n) is 9.34. The van der Waals surface area contributed by atoms with Gasteiger partial charge in [0.15, 0.2) is 0 Å². The van der Waals surface area contributed by atoms with E-state index in [1.165, 1.54) is 37.8 Å². The zero-order chi connectivity index (χ0) is 21.4. The Morgan fingerprint density at radius 2 is 2.03 bits per heavy atom. The average molecular weight is 421 g/mol. The zero-order valence-corrected chi connectivity index (χ0v) is 17.6. The van der Waals surface area contributed by atoms with Crippen LogP contribution >= 0.6 is 0 Å². The highest BCUT2D eigenvalue weighted by Crippen LogP contribution is 2.52. The molecule has 2 aromatic rings. The van der Waals surface area contributed by atoms with Crippen molar-refractivity contribution in [3.63, 3.8) is 0 Å². The molecule has 1 amide bonds. The zero-order valence-electron chi connectivity index (χ0n) is 17.6. The third-order valence-corrected chi connectivity index (χ3v) is 7.69. The third kappa shape index (κ3) is 3.91. The van der Waals surface area contributed by atoms with Gasteiger partial charge in [-0.1, -0.05) is 43.5 Å². The summed E-state index contributed by atoms with van der Waals surface area (Å²) in [6, 6.07) is 10.3. The molecule has 1 aromatic carbocycles. The lowest BCUT2D eigenvalue weighted by atomic mass is 9.57. The SMILES string of the molecule is O=C1NC(CO)C2C1CC1CCCCC1C2/C=C/c1ccc(-c2cccc(F)c2)cn1. The van der Waals surface area contributed by atoms with E-state index in [0.29, 0.717) is 11.8 Å². The van der Waals surface area contributed by atoms with Gasteiger partial charge in [0.2, 0.25) is 5.91 Å². The van der Waals surface area contributed by atoms with Crippen LogP contribution in [0.15, 0.2) is 48.7 Å². The molecule has 0 spiro atoms. The number of amides is 1. The molecule has 2 N–H and O–H groups in total. The van der Waals surface area contributed by atoms with Gasteiger partial charge in [-0.3, -0.25) is 9.78 Å². The van der Waals surface area contributed by atoms with Gasteiger partial charge in [-0.05, 0) is 66.4 Å². The standard InChI is InChI=1S/C26H29FN2O2/c27-19-6-3-5-16(12-19)18-8-9-20(28-14-18)10-11-22-21-7-2-1-4-17(21)13-23-25(22)24(15-30)29-26(23)31/h3,5-6,8-12,14,17,21-25,30H,1-2,4,7,13,15H2,(H,29,31)/b11-10+. The molecule has 1 saturated heterocycles. The summed E-state index contributed by atoms with van der Waals surface area (Å²) >= 11 is 0. The minimum absolute atomic E-state index is 0.00475. The maximum atomic E-state index is 13.5. The predicted molar refractivity (Wildman–Crippen MR) is 118 cm³/mol. The van der Waals surface area contributed by atoms with Gasteiger partial charge >= 0.3 is 0 Å². The van der Waals surface area contributed by atoms with Crippen LogP contribution in [0.25, 0.3) is 17.2 Å². The number of rotatable bonds is 4. The summed E-state index contributed by atoms with van der Waals surface area (Å²) < 4.78 is 13.5. The maximum Gasteiger partial charge on any atom is 0.223 e. The first-order chi connectivity index (χ1) is 15.1. The lowest BCUT2D eigenvalue weighted by Crippen LogP contribution is -2.44. The molecule has 0 bridgehead atoms. The Kier molecular flexibility index (Phi) is 5.61. The predicted octanol–water partition coefficient (Wildman–Crippen LogP) is 4.45. The molecular formula is C26H29FN2O2. The topological polar surface area (TPSA) is 62.2 Å². The molecule has 2 saturated carbocycles. The second-order valence-corrected chi connectivity index (χ2v) is 9.34. The molecule has 5 rings (SSSR count). The minimum atomic E-state index is -0.256. The van der Waals surface area contributed by atoms with E-state index < -0.39 is 0 Å². The summed E-state index contributed by atoms with van der Waals surface area (Å²) in [4.78, 5) is 17.2. The number of aromatic nitrogens is 1. The molecule has 2 heterocycles. The highest BCUT2D eigenvalue weighted by Gasteiger charge is 2.53. The number of fused-ring (bicyclic) bond motifs is 2. The van der Waals surface area contributed by atoms with E-state index in [1.54, 1.807) is 12.3 Å². The van der Waals surface area contributed by atoms with E-state index in [0.717, 1.165) is 23.2 Å². The molecule has 1 aromatic heterocycles. The molecule has 31 heavy (non-hydrogen) atoms. The Hall–Kier alpha value is -2.53. The van der Waals surface area contributed by atoms with Crippen molar-refractivity contribution in [1.82, 2.24) is 10.3 Å². The fourth-order valence-electron chi connectivity index (χ4n) is 6.28. The highest BCUT2D eigenvalue weighted by atomic mass is 19.1. The largest absolute Gasteiger partial charge is 0.394 e. The van der Waals surface area contributed by atoms with Crippen LogP contribution in [0.4, 0.5) is 4.39 Å². The lowest BCUT2D eigenvalue weighted by Gasteiger charge is -2.46. The van der Waals surface area contributed by atoms with Gasteiger partial charge < -0.3 is 10.4 Å². The van der Waals surface area contributed by atoms with Gasteiger partial charge in [0, 0.05) is 17.7 Å². The Labute approximate surface area is 182 Å². The van der Waals surface area contributed by atoms with Crippen molar-refractivity contribution in [2.75, 3.05) is 6.61 Å². The van der Waals surface area contributed by atoms with E-state index in [4.69, 9.17) is 0 Å². The average Bonchev–Trinajstić information content (AvgIpc) is 3.12. The monoisotopic (exact) mass is 420 g/mol. The number of nitrogens with one attached hydrogen (secondary N) is 1. The highest BCUT2D eigenvalue weighted by molar-refractivity contribution is 5.82. The molecule has 6 unspecified atom stereocenters. The number of aliphatic hydroxyl groups excluding tert-OH is 1. The number of hydrogen-bond donors (Lipinski definition) is 2. The fraction of sp³-hybridized carbons (Fsp3) is 0.462. The summed E-state index contributed by atoms with van der Waals surface area (Å²) in [6.07, 6.45) is 11.9.